The summed E-state index contributed by atoms with van der Waals surface area (Å²) in [5.74, 6) is -1.69. The molecule has 3 heterocycles. The van der Waals surface area contributed by atoms with Crippen molar-refractivity contribution in [3.63, 3.8) is 0 Å². The smallest absolute Gasteiger partial charge is 0.410 e. The molecule has 0 aliphatic carbocycles. The number of carbonyl (C=O) groups excluding carboxylic acids is 5. The molecule has 0 aromatic heterocycles. The topological polar surface area (TPSA) is 120 Å². The summed E-state index contributed by atoms with van der Waals surface area (Å²) in [6, 6.07) is 4.46. The molecule has 5 amide bonds. The largest absolute Gasteiger partial charge is 0.444 e. The third-order valence-electron chi connectivity index (χ3n) is 7.29. The number of likely N-dealkylation sites (tertiary alicyclic amines) is 1. The minimum Gasteiger partial charge on any atom is -0.444 e. The molecule has 3 aliphatic rings. The molecule has 1 aromatic carbocycles. The van der Waals surface area contributed by atoms with Gasteiger partial charge in [-0.25, -0.2) is 4.79 Å². The fourth-order valence-corrected chi connectivity index (χ4v) is 5.41. The van der Waals surface area contributed by atoms with E-state index in [9.17, 15) is 24.0 Å². The van der Waals surface area contributed by atoms with Crippen LogP contribution in [0.25, 0.3) is 0 Å². The van der Waals surface area contributed by atoms with Crippen LogP contribution in [0.4, 0.5) is 10.5 Å². The molecule has 11 nitrogen and oxygen atoms in total. The number of rotatable bonds is 7. The van der Waals surface area contributed by atoms with Crippen LogP contribution in [0.5, 0.6) is 0 Å². The maximum Gasteiger partial charge on any atom is 0.410 e. The summed E-state index contributed by atoms with van der Waals surface area (Å²) in [6.45, 7) is 11.9. The van der Waals surface area contributed by atoms with Gasteiger partial charge in [-0.2, -0.15) is 0 Å². The summed E-state index contributed by atoms with van der Waals surface area (Å²) in [6.07, 6.45) is 1.74. The standard InChI is InChI=1S/C27H37N5O6/c1-5-6-22(23(34)28-17-33)32-24(35)20-8-7-18(15-21(20)25(32)36)29-11-13-30(14-12-29)19-9-10-31(16-19)26(37)38-27(2,3)4/h7-8,15,17,19,22H,5-6,9-14,16H2,1-4H3,(H,28,33,34). The molecule has 0 bridgehead atoms. The minimum atomic E-state index is -1.03. The van der Waals surface area contributed by atoms with Crippen LogP contribution in [0.3, 0.4) is 0 Å². The van der Waals surface area contributed by atoms with Gasteiger partial charge in [-0.1, -0.05) is 13.3 Å². The molecule has 2 saturated heterocycles. The first-order valence-corrected chi connectivity index (χ1v) is 13.3. The Kier molecular flexibility index (Phi) is 8.05. The second-order valence-corrected chi connectivity index (χ2v) is 11.0. The summed E-state index contributed by atoms with van der Waals surface area (Å²) in [5, 5.41) is 2.08. The molecule has 4 rings (SSSR count). The lowest BCUT2D eigenvalue weighted by Gasteiger charge is -2.39. The first-order valence-electron chi connectivity index (χ1n) is 13.3. The van der Waals surface area contributed by atoms with Crippen LogP contribution in [0.15, 0.2) is 18.2 Å². The molecule has 2 fully saturated rings. The highest BCUT2D eigenvalue weighted by Crippen LogP contribution is 2.31. The van der Waals surface area contributed by atoms with Crippen molar-refractivity contribution in [3.8, 4) is 0 Å². The van der Waals surface area contributed by atoms with Crippen molar-refractivity contribution in [2.75, 3.05) is 44.2 Å². The van der Waals surface area contributed by atoms with Crippen LogP contribution in [0, 0.1) is 0 Å². The number of ether oxygens (including phenoxy) is 1. The second kappa shape index (κ2) is 11.1. The molecule has 0 spiro atoms. The summed E-state index contributed by atoms with van der Waals surface area (Å²) in [7, 11) is 0. The highest BCUT2D eigenvalue weighted by molar-refractivity contribution is 6.23. The van der Waals surface area contributed by atoms with E-state index in [1.54, 1.807) is 17.0 Å². The number of fused-ring (bicyclic) bond motifs is 1. The van der Waals surface area contributed by atoms with Crippen molar-refractivity contribution < 1.29 is 28.7 Å². The lowest BCUT2D eigenvalue weighted by molar-refractivity contribution is -0.128. The number of imide groups is 2. The van der Waals surface area contributed by atoms with E-state index >= 15 is 0 Å². The Bertz CT molecular complexity index is 1110. The van der Waals surface area contributed by atoms with Crippen molar-refractivity contribution in [1.82, 2.24) is 20.0 Å². The van der Waals surface area contributed by atoms with Crippen LogP contribution in [0.1, 0.15) is 67.7 Å². The van der Waals surface area contributed by atoms with Crippen molar-refractivity contribution in [3.05, 3.63) is 29.3 Å². The van der Waals surface area contributed by atoms with Crippen molar-refractivity contribution in [2.45, 2.75) is 64.6 Å². The highest BCUT2D eigenvalue weighted by atomic mass is 16.6. The van der Waals surface area contributed by atoms with Crippen molar-refractivity contribution in [1.29, 1.82) is 0 Å². The van der Waals surface area contributed by atoms with Gasteiger partial charge in [-0.3, -0.25) is 34.3 Å². The van der Waals surface area contributed by atoms with Gasteiger partial charge < -0.3 is 14.5 Å². The number of nitrogens with one attached hydrogen (secondary N) is 1. The predicted molar refractivity (Wildman–Crippen MR) is 140 cm³/mol. The average molecular weight is 528 g/mol. The number of hydrogen-bond acceptors (Lipinski definition) is 8. The van der Waals surface area contributed by atoms with Crippen LogP contribution >= 0.6 is 0 Å². The van der Waals surface area contributed by atoms with Crippen LogP contribution in [-0.2, 0) is 14.3 Å². The zero-order valence-corrected chi connectivity index (χ0v) is 22.6. The monoisotopic (exact) mass is 527 g/mol. The summed E-state index contributed by atoms with van der Waals surface area (Å²) in [4.78, 5) is 69.2. The van der Waals surface area contributed by atoms with E-state index < -0.39 is 29.4 Å². The molecule has 0 saturated carbocycles. The van der Waals surface area contributed by atoms with Gasteiger partial charge in [0, 0.05) is 51.0 Å². The Balaban J connectivity index is 1.39. The van der Waals surface area contributed by atoms with E-state index in [4.69, 9.17) is 4.74 Å². The zero-order valence-electron chi connectivity index (χ0n) is 22.6. The number of benzene rings is 1. The first kappa shape index (κ1) is 27.6. The Hall–Kier alpha value is -3.47. The minimum absolute atomic E-state index is 0.265. The van der Waals surface area contributed by atoms with Gasteiger partial charge in [-0.15, -0.1) is 0 Å². The molecular weight excluding hydrogens is 490 g/mol. The summed E-state index contributed by atoms with van der Waals surface area (Å²) in [5.41, 5.74) is 0.875. The fraction of sp³-hybridized carbons (Fsp3) is 0.593. The molecular formula is C27H37N5O6. The van der Waals surface area contributed by atoms with E-state index in [-0.39, 0.29) is 36.1 Å². The van der Waals surface area contributed by atoms with E-state index in [0.29, 0.717) is 19.5 Å². The van der Waals surface area contributed by atoms with E-state index in [0.717, 1.165) is 43.2 Å². The van der Waals surface area contributed by atoms with Crippen molar-refractivity contribution >= 4 is 35.9 Å². The van der Waals surface area contributed by atoms with Gasteiger partial charge >= 0.3 is 6.09 Å². The first-order chi connectivity index (χ1) is 18.0. The number of piperazine rings is 1. The van der Waals surface area contributed by atoms with E-state index in [1.807, 2.05) is 33.8 Å². The third kappa shape index (κ3) is 5.67. The van der Waals surface area contributed by atoms with Gasteiger partial charge in [0.05, 0.1) is 11.1 Å². The summed E-state index contributed by atoms with van der Waals surface area (Å²) >= 11 is 0. The lowest BCUT2D eigenvalue weighted by Crippen LogP contribution is -2.51. The molecule has 1 N–H and O–H groups in total. The van der Waals surface area contributed by atoms with Crippen LogP contribution in [0.2, 0.25) is 0 Å². The molecule has 3 aliphatic heterocycles. The second-order valence-electron chi connectivity index (χ2n) is 11.0. The average Bonchev–Trinajstić information content (AvgIpc) is 3.46. The Labute approximate surface area is 223 Å². The molecule has 11 heteroatoms. The normalized spacial score (nSPS) is 20.9. The molecule has 2 unspecified atom stereocenters. The Morgan fingerprint density at radius 1 is 1.08 bits per heavy atom. The lowest BCUT2D eigenvalue weighted by atomic mass is 10.1. The van der Waals surface area contributed by atoms with Crippen LogP contribution < -0.4 is 10.2 Å². The van der Waals surface area contributed by atoms with Crippen LogP contribution in [-0.4, -0.2) is 102 Å². The van der Waals surface area contributed by atoms with E-state index in [2.05, 4.69) is 15.1 Å². The Morgan fingerprint density at radius 3 is 2.39 bits per heavy atom. The SMILES string of the molecule is CCCC(C(=O)NC=O)N1C(=O)c2ccc(N3CCN(C4CCN(C(=O)OC(C)(C)C)C4)CC3)cc2C1=O. The van der Waals surface area contributed by atoms with Crippen molar-refractivity contribution in [2.24, 2.45) is 0 Å². The zero-order chi connectivity index (χ0) is 27.6. The summed E-state index contributed by atoms with van der Waals surface area (Å²) < 4.78 is 5.51. The number of nitrogens with zero attached hydrogens (tertiary/aromatic N) is 4. The number of anilines is 1. The van der Waals surface area contributed by atoms with Gasteiger partial charge in [0.15, 0.2) is 0 Å². The maximum absolute atomic E-state index is 13.2. The number of hydrogen-bond donors (Lipinski definition) is 1. The molecule has 0 radical (unpaired) electrons. The number of carbonyl (C=O) groups is 5. The van der Waals surface area contributed by atoms with Gasteiger partial charge in [-0.05, 0) is 51.8 Å². The molecule has 1 aromatic rings. The maximum atomic E-state index is 13.2. The quantitative estimate of drug-likeness (QED) is 0.422. The Morgan fingerprint density at radius 2 is 1.76 bits per heavy atom. The van der Waals surface area contributed by atoms with E-state index in [1.165, 1.54) is 0 Å². The third-order valence-corrected chi connectivity index (χ3v) is 7.29. The fourth-order valence-electron chi connectivity index (χ4n) is 5.41. The number of amides is 5. The van der Waals surface area contributed by atoms with Gasteiger partial charge in [0.2, 0.25) is 12.3 Å². The van der Waals surface area contributed by atoms with Gasteiger partial charge in [0.1, 0.15) is 11.6 Å². The molecule has 38 heavy (non-hydrogen) atoms. The molecule has 206 valence electrons. The highest BCUT2D eigenvalue weighted by Gasteiger charge is 2.43. The van der Waals surface area contributed by atoms with Gasteiger partial charge in [0.25, 0.3) is 11.8 Å². The predicted octanol–water partition coefficient (Wildman–Crippen LogP) is 1.86. The molecule has 2 atom stereocenters.